The second kappa shape index (κ2) is 8.45. The zero-order chi connectivity index (χ0) is 20.3. The van der Waals surface area contributed by atoms with Crippen molar-refractivity contribution in [3.05, 3.63) is 50.8 Å². The lowest BCUT2D eigenvalue weighted by Crippen LogP contribution is -2.30. The third kappa shape index (κ3) is 4.61. The van der Waals surface area contributed by atoms with Crippen molar-refractivity contribution in [2.75, 3.05) is 12.4 Å². The van der Waals surface area contributed by atoms with E-state index < -0.39 is 23.9 Å². The van der Waals surface area contributed by atoms with E-state index in [1.54, 1.807) is 19.9 Å². The monoisotopic (exact) mass is 412 g/mol. The maximum Gasteiger partial charge on any atom is 0.355 e. The number of methoxy groups -OCH3 is 1. The molecular weight excluding hydrogens is 395 g/mol. The molecule has 0 saturated carbocycles. The number of ether oxygens (including phenoxy) is 2. The Labute approximate surface area is 165 Å². The van der Waals surface area contributed by atoms with Gasteiger partial charge in [0.1, 0.15) is 5.69 Å². The summed E-state index contributed by atoms with van der Waals surface area (Å²) in [5, 5.41) is 3.25. The topological polar surface area (TPSA) is 97.5 Å². The number of rotatable bonds is 5. The third-order valence-electron chi connectivity index (χ3n) is 3.87. The fraction of sp³-hybridized carbons (Fsp3) is 0.278. The molecule has 0 bridgehead atoms. The summed E-state index contributed by atoms with van der Waals surface area (Å²) in [5.74, 6) is -1.90. The molecule has 0 aliphatic heterocycles. The number of amides is 1. The van der Waals surface area contributed by atoms with Gasteiger partial charge in [0, 0.05) is 10.7 Å². The number of carbonyl (C=O) groups is 3. The minimum absolute atomic E-state index is 0.0806. The van der Waals surface area contributed by atoms with Crippen LogP contribution in [0.4, 0.5) is 5.69 Å². The van der Waals surface area contributed by atoms with E-state index in [0.717, 1.165) is 0 Å². The van der Waals surface area contributed by atoms with E-state index in [4.69, 9.17) is 32.7 Å². The molecule has 144 valence electrons. The van der Waals surface area contributed by atoms with Gasteiger partial charge in [-0.1, -0.05) is 23.2 Å². The Morgan fingerprint density at radius 2 is 1.81 bits per heavy atom. The lowest BCUT2D eigenvalue weighted by molar-refractivity contribution is -0.123. The highest BCUT2D eigenvalue weighted by molar-refractivity contribution is 6.36. The number of carbonyl (C=O) groups excluding carboxylic acids is 3. The van der Waals surface area contributed by atoms with Crippen molar-refractivity contribution in [1.82, 2.24) is 4.98 Å². The van der Waals surface area contributed by atoms with Gasteiger partial charge in [0.2, 0.25) is 0 Å². The first-order valence-corrected chi connectivity index (χ1v) is 8.65. The molecule has 1 unspecified atom stereocenters. The minimum atomic E-state index is -1.10. The van der Waals surface area contributed by atoms with Gasteiger partial charge >= 0.3 is 11.9 Å². The van der Waals surface area contributed by atoms with Gasteiger partial charge in [-0.3, -0.25) is 4.79 Å². The second-order valence-corrected chi connectivity index (χ2v) is 6.62. The normalized spacial score (nSPS) is 11.6. The molecule has 0 saturated heterocycles. The molecule has 1 heterocycles. The quantitative estimate of drug-likeness (QED) is 0.725. The van der Waals surface area contributed by atoms with Crippen LogP contribution in [0.1, 0.15) is 39.0 Å². The molecule has 0 radical (unpaired) electrons. The van der Waals surface area contributed by atoms with Crippen LogP contribution < -0.4 is 5.32 Å². The van der Waals surface area contributed by atoms with Crippen LogP contribution in [0.2, 0.25) is 10.0 Å². The van der Waals surface area contributed by atoms with Crippen LogP contribution in [0.15, 0.2) is 18.2 Å². The number of hydrogen-bond acceptors (Lipinski definition) is 5. The van der Waals surface area contributed by atoms with Gasteiger partial charge in [-0.05, 0) is 44.5 Å². The second-order valence-electron chi connectivity index (χ2n) is 5.78. The van der Waals surface area contributed by atoms with E-state index in [2.05, 4.69) is 10.3 Å². The average molecular weight is 413 g/mol. The van der Waals surface area contributed by atoms with Crippen molar-refractivity contribution in [2.24, 2.45) is 0 Å². The van der Waals surface area contributed by atoms with E-state index in [1.165, 1.54) is 26.2 Å². The number of halogens is 2. The number of nitrogens with one attached hydrogen (secondary N) is 2. The van der Waals surface area contributed by atoms with Crippen molar-refractivity contribution in [3.63, 3.8) is 0 Å². The molecular formula is C18H18Cl2N2O5. The molecule has 1 atom stereocenters. The van der Waals surface area contributed by atoms with Crippen LogP contribution in [0.5, 0.6) is 0 Å². The number of hydrogen-bond donors (Lipinski definition) is 2. The maximum atomic E-state index is 12.4. The number of esters is 2. The molecule has 0 spiro atoms. The Balaban J connectivity index is 2.11. The highest BCUT2D eigenvalue weighted by Crippen LogP contribution is 2.26. The molecule has 2 rings (SSSR count). The van der Waals surface area contributed by atoms with Crippen molar-refractivity contribution < 1.29 is 23.9 Å². The third-order valence-corrected chi connectivity index (χ3v) is 4.42. The van der Waals surface area contributed by atoms with Gasteiger partial charge in [-0.2, -0.15) is 0 Å². The van der Waals surface area contributed by atoms with Gasteiger partial charge in [0.05, 0.1) is 23.4 Å². The summed E-state index contributed by atoms with van der Waals surface area (Å²) in [6.07, 6.45) is -1.10. The van der Waals surface area contributed by atoms with E-state index in [1.807, 2.05) is 0 Å². The lowest BCUT2D eigenvalue weighted by atomic mass is 10.1. The molecule has 27 heavy (non-hydrogen) atoms. The number of aromatic nitrogens is 1. The van der Waals surface area contributed by atoms with Crippen molar-refractivity contribution in [2.45, 2.75) is 26.9 Å². The van der Waals surface area contributed by atoms with Crippen LogP contribution in [0.3, 0.4) is 0 Å². The van der Waals surface area contributed by atoms with Crippen molar-refractivity contribution in [3.8, 4) is 0 Å². The van der Waals surface area contributed by atoms with Crippen LogP contribution in [-0.2, 0) is 14.3 Å². The molecule has 2 aromatic rings. The summed E-state index contributed by atoms with van der Waals surface area (Å²) in [6, 6.07) is 4.59. The summed E-state index contributed by atoms with van der Waals surface area (Å²) in [5.41, 5.74) is 1.54. The van der Waals surface area contributed by atoms with Gasteiger partial charge < -0.3 is 19.8 Å². The number of benzene rings is 1. The number of H-pyrrole nitrogens is 1. The standard InChI is InChI=1S/C18H18Cl2N2O5/c1-8-14(17(24)26-4)9(2)21-15(8)18(25)27-10(3)16(23)22-13-6-5-11(19)7-12(13)20/h5-7,10,21H,1-4H3,(H,22,23). The predicted octanol–water partition coefficient (Wildman–Crippen LogP) is 3.91. The lowest BCUT2D eigenvalue weighted by Gasteiger charge is -2.14. The van der Waals surface area contributed by atoms with Crippen molar-refractivity contribution in [1.29, 1.82) is 0 Å². The molecule has 2 N–H and O–H groups in total. The Kier molecular flexibility index (Phi) is 6.51. The zero-order valence-electron chi connectivity index (χ0n) is 15.1. The van der Waals surface area contributed by atoms with Gasteiger partial charge in [0.15, 0.2) is 6.10 Å². The largest absolute Gasteiger partial charge is 0.465 e. The molecule has 0 fully saturated rings. The number of aryl methyl sites for hydroxylation is 1. The Morgan fingerprint density at radius 1 is 1.15 bits per heavy atom. The highest BCUT2D eigenvalue weighted by atomic mass is 35.5. The number of anilines is 1. The van der Waals surface area contributed by atoms with Crippen LogP contribution >= 0.6 is 23.2 Å². The zero-order valence-corrected chi connectivity index (χ0v) is 16.6. The Bertz CT molecular complexity index is 907. The SMILES string of the molecule is COC(=O)c1c(C)[nH]c(C(=O)OC(C)C(=O)Nc2ccc(Cl)cc2Cl)c1C. The minimum Gasteiger partial charge on any atom is -0.465 e. The van der Waals surface area contributed by atoms with E-state index in [-0.39, 0.29) is 16.3 Å². The first-order valence-electron chi connectivity index (χ1n) is 7.90. The van der Waals surface area contributed by atoms with Crippen LogP contribution in [0, 0.1) is 13.8 Å². The molecule has 1 amide bonds. The van der Waals surface area contributed by atoms with Crippen LogP contribution in [-0.4, -0.2) is 36.0 Å². The Hall–Kier alpha value is -2.51. The number of aromatic amines is 1. The highest BCUT2D eigenvalue weighted by Gasteiger charge is 2.26. The van der Waals surface area contributed by atoms with E-state index in [9.17, 15) is 14.4 Å². The average Bonchev–Trinajstić information content (AvgIpc) is 2.91. The molecule has 0 aliphatic carbocycles. The summed E-state index contributed by atoms with van der Waals surface area (Å²) < 4.78 is 9.89. The van der Waals surface area contributed by atoms with E-state index >= 15 is 0 Å². The summed E-state index contributed by atoms with van der Waals surface area (Å²) in [6.45, 7) is 4.64. The summed E-state index contributed by atoms with van der Waals surface area (Å²) >= 11 is 11.8. The molecule has 1 aromatic carbocycles. The molecule has 0 aliphatic rings. The van der Waals surface area contributed by atoms with Crippen LogP contribution in [0.25, 0.3) is 0 Å². The van der Waals surface area contributed by atoms with Gasteiger partial charge in [-0.15, -0.1) is 0 Å². The summed E-state index contributed by atoms with van der Waals surface area (Å²) in [7, 11) is 1.25. The fourth-order valence-electron chi connectivity index (χ4n) is 2.46. The van der Waals surface area contributed by atoms with Gasteiger partial charge in [-0.25, -0.2) is 9.59 Å². The smallest absolute Gasteiger partial charge is 0.355 e. The van der Waals surface area contributed by atoms with Gasteiger partial charge in [0.25, 0.3) is 5.91 Å². The molecule has 1 aromatic heterocycles. The maximum absolute atomic E-state index is 12.4. The van der Waals surface area contributed by atoms with E-state index in [0.29, 0.717) is 22.0 Å². The van der Waals surface area contributed by atoms with Crippen molar-refractivity contribution >= 4 is 46.7 Å². The first kappa shape index (κ1) is 20.8. The molecule has 9 heteroatoms. The summed E-state index contributed by atoms with van der Waals surface area (Å²) in [4.78, 5) is 39.3. The first-order chi connectivity index (χ1) is 12.6. The molecule has 7 nitrogen and oxygen atoms in total. The predicted molar refractivity (Wildman–Crippen MR) is 102 cm³/mol. The Morgan fingerprint density at radius 3 is 2.41 bits per heavy atom. The fourth-order valence-corrected chi connectivity index (χ4v) is 2.92.